The summed E-state index contributed by atoms with van der Waals surface area (Å²) in [4.78, 5) is 23.8. The molecule has 1 N–H and O–H groups in total. The topological polar surface area (TPSA) is 62.8 Å². The number of hydrogen-bond donors (Lipinski definition) is 1. The number of carbonyl (C=O) groups is 1. The first-order valence-corrected chi connectivity index (χ1v) is 8.74. The van der Waals surface area contributed by atoms with Crippen LogP contribution >= 0.6 is 15.9 Å². The molecule has 0 saturated carbocycles. The number of nitrogens with zero attached hydrogens (tertiary/aromatic N) is 1. The lowest BCUT2D eigenvalue weighted by molar-refractivity contribution is 0.0971. The number of ketones is 1. The summed E-state index contributed by atoms with van der Waals surface area (Å²) in [6, 6.07) is 18.9. The number of halogens is 1. The zero-order chi connectivity index (χ0) is 17.8. The number of aryl methyl sites for hydroxylation is 1. The molecule has 0 aliphatic carbocycles. The van der Waals surface area contributed by atoms with Gasteiger partial charge in [-0.25, -0.2) is 5.10 Å². The van der Waals surface area contributed by atoms with Gasteiger partial charge in [0.25, 0.3) is 5.56 Å². The maximum atomic E-state index is 12.7. The van der Waals surface area contributed by atoms with Crippen molar-refractivity contribution in [2.45, 2.75) is 19.3 Å². The van der Waals surface area contributed by atoms with E-state index in [0.717, 1.165) is 21.2 Å². The van der Waals surface area contributed by atoms with Gasteiger partial charge in [-0.05, 0) is 41.8 Å². The Bertz CT molecular complexity index is 928. The van der Waals surface area contributed by atoms with Crippen molar-refractivity contribution in [3.8, 4) is 0 Å². The van der Waals surface area contributed by atoms with Crippen LogP contribution in [0.2, 0.25) is 0 Å². The molecule has 1 atom stereocenters. The number of rotatable bonds is 5. The highest BCUT2D eigenvalue weighted by molar-refractivity contribution is 9.10. The van der Waals surface area contributed by atoms with E-state index >= 15 is 0 Å². The smallest absolute Gasteiger partial charge is 0.264 e. The van der Waals surface area contributed by atoms with Crippen LogP contribution in [-0.2, 0) is 0 Å². The lowest BCUT2D eigenvalue weighted by Crippen LogP contribution is -2.15. The van der Waals surface area contributed by atoms with E-state index in [0.29, 0.717) is 0 Å². The third kappa shape index (κ3) is 4.12. The number of hydrogen-bond acceptors (Lipinski definition) is 3. The molecule has 0 bridgehead atoms. The van der Waals surface area contributed by atoms with Gasteiger partial charge in [-0.3, -0.25) is 9.59 Å². The van der Waals surface area contributed by atoms with E-state index in [2.05, 4.69) is 32.2 Å². The largest absolute Gasteiger partial charge is 0.292 e. The Hall–Kier alpha value is -2.53. The minimum atomic E-state index is -0.320. The highest BCUT2D eigenvalue weighted by Gasteiger charge is 2.21. The van der Waals surface area contributed by atoms with E-state index in [9.17, 15) is 9.59 Å². The summed E-state index contributed by atoms with van der Waals surface area (Å²) < 4.78 is 0.994. The first-order chi connectivity index (χ1) is 12.0. The molecule has 0 fully saturated rings. The number of nitrogens with one attached hydrogen (secondary N) is 1. The van der Waals surface area contributed by atoms with Crippen LogP contribution in [0.4, 0.5) is 0 Å². The third-order valence-corrected chi connectivity index (χ3v) is 4.72. The molecule has 0 aliphatic rings. The van der Waals surface area contributed by atoms with E-state index in [1.165, 1.54) is 12.1 Å². The molecular formula is C20H17BrN2O2. The first kappa shape index (κ1) is 17.3. The van der Waals surface area contributed by atoms with Gasteiger partial charge in [-0.2, -0.15) is 5.10 Å². The quantitative estimate of drug-likeness (QED) is 0.655. The number of aromatic amines is 1. The van der Waals surface area contributed by atoms with Crippen LogP contribution in [0, 0.1) is 6.92 Å². The molecule has 0 spiro atoms. The lowest BCUT2D eigenvalue weighted by atomic mass is 9.84. The number of aromatic nitrogens is 2. The Morgan fingerprint density at radius 3 is 2.44 bits per heavy atom. The van der Waals surface area contributed by atoms with Gasteiger partial charge in [-0.15, -0.1) is 0 Å². The van der Waals surface area contributed by atoms with Gasteiger partial charge in [0.05, 0.1) is 0 Å². The molecule has 25 heavy (non-hydrogen) atoms. The Labute approximate surface area is 154 Å². The Morgan fingerprint density at radius 2 is 1.80 bits per heavy atom. The summed E-state index contributed by atoms with van der Waals surface area (Å²) in [5.74, 6) is -0.178. The van der Waals surface area contributed by atoms with Crippen molar-refractivity contribution in [3.05, 3.63) is 97.9 Å². The maximum absolute atomic E-state index is 12.7. The van der Waals surface area contributed by atoms with Gasteiger partial charge >= 0.3 is 0 Å². The van der Waals surface area contributed by atoms with Crippen LogP contribution < -0.4 is 5.56 Å². The average molecular weight is 397 g/mol. The van der Waals surface area contributed by atoms with Gasteiger partial charge in [0.1, 0.15) is 5.69 Å². The maximum Gasteiger partial charge on any atom is 0.264 e. The summed E-state index contributed by atoms with van der Waals surface area (Å²) >= 11 is 3.45. The monoisotopic (exact) mass is 396 g/mol. The van der Waals surface area contributed by atoms with Crippen LogP contribution in [0.1, 0.15) is 39.5 Å². The predicted molar refractivity (Wildman–Crippen MR) is 101 cm³/mol. The van der Waals surface area contributed by atoms with Crippen molar-refractivity contribution in [1.29, 1.82) is 0 Å². The lowest BCUT2D eigenvalue weighted by Gasteiger charge is -2.19. The van der Waals surface area contributed by atoms with E-state index in [1.54, 1.807) is 0 Å². The Morgan fingerprint density at radius 1 is 1.08 bits per heavy atom. The van der Waals surface area contributed by atoms with Gasteiger partial charge in [-0.1, -0.05) is 52.3 Å². The molecule has 126 valence electrons. The second-order valence-corrected chi connectivity index (χ2v) is 6.81. The van der Waals surface area contributed by atoms with Crippen LogP contribution in [0.5, 0.6) is 0 Å². The molecule has 0 saturated heterocycles. The number of Topliss-reactive ketones (excluding diaryl/α,β-unsaturated/α-hetero) is 1. The fourth-order valence-corrected chi connectivity index (χ4v) is 3.13. The molecule has 1 aromatic heterocycles. The molecule has 3 aromatic rings. The fraction of sp³-hybridized carbons (Fsp3) is 0.150. The second kappa shape index (κ2) is 7.57. The molecule has 1 heterocycles. The third-order valence-electron chi connectivity index (χ3n) is 4.19. The van der Waals surface area contributed by atoms with Crippen LogP contribution in [0.15, 0.2) is 69.9 Å². The predicted octanol–water partition coefficient (Wildman–Crippen LogP) is 4.25. The number of H-pyrrole nitrogens is 1. The Kier molecular flexibility index (Phi) is 5.24. The molecule has 0 radical (unpaired) electrons. The SMILES string of the molecule is Cc1ccccc1C(CC(=O)c1ccc(=O)[nH]n1)c1ccc(Br)cc1. The van der Waals surface area contributed by atoms with Crippen molar-refractivity contribution in [3.63, 3.8) is 0 Å². The highest BCUT2D eigenvalue weighted by Crippen LogP contribution is 2.32. The zero-order valence-electron chi connectivity index (χ0n) is 13.7. The summed E-state index contributed by atoms with van der Waals surface area (Å²) in [5, 5.41) is 6.18. The van der Waals surface area contributed by atoms with Gasteiger partial charge in [0.15, 0.2) is 5.78 Å². The number of carbonyl (C=O) groups excluding carboxylic acids is 1. The summed E-state index contributed by atoms with van der Waals surface area (Å²) in [6.45, 7) is 2.05. The van der Waals surface area contributed by atoms with E-state index < -0.39 is 0 Å². The second-order valence-electron chi connectivity index (χ2n) is 5.89. The molecule has 5 heteroatoms. The molecule has 2 aromatic carbocycles. The normalized spacial score (nSPS) is 11.9. The Balaban J connectivity index is 1.98. The summed E-state index contributed by atoms with van der Waals surface area (Å²) in [6.07, 6.45) is 0.283. The molecular weight excluding hydrogens is 380 g/mol. The van der Waals surface area contributed by atoms with E-state index in [4.69, 9.17) is 0 Å². The number of benzene rings is 2. The highest BCUT2D eigenvalue weighted by atomic mass is 79.9. The van der Waals surface area contributed by atoms with E-state index in [-0.39, 0.29) is 29.4 Å². The minimum Gasteiger partial charge on any atom is -0.292 e. The van der Waals surface area contributed by atoms with Crippen LogP contribution in [0.3, 0.4) is 0 Å². The summed E-state index contributed by atoms with van der Waals surface area (Å²) in [5.41, 5.74) is 3.27. The van der Waals surface area contributed by atoms with Crippen molar-refractivity contribution < 1.29 is 4.79 Å². The minimum absolute atomic E-state index is 0.0736. The molecule has 3 rings (SSSR count). The van der Waals surface area contributed by atoms with Crippen molar-refractivity contribution >= 4 is 21.7 Å². The van der Waals surface area contributed by atoms with Gasteiger partial charge in [0, 0.05) is 22.9 Å². The molecule has 1 unspecified atom stereocenters. The van der Waals surface area contributed by atoms with Gasteiger partial charge < -0.3 is 0 Å². The summed E-state index contributed by atoms with van der Waals surface area (Å²) in [7, 11) is 0. The first-order valence-electron chi connectivity index (χ1n) is 7.94. The molecule has 4 nitrogen and oxygen atoms in total. The van der Waals surface area contributed by atoms with Crippen LogP contribution in [-0.4, -0.2) is 16.0 Å². The average Bonchev–Trinajstić information content (AvgIpc) is 2.62. The van der Waals surface area contributed by atoms with Crippen LogP contribution in [0.25, 0.3) is 0 Å². The van der Waals surface area contributed by atoms with Crippen molar-refractivity contribution in [2.24, 2.45) is 0 Å². The fourth-order valence-electron chi connectivity index (χ4n) is 2.87. The van der Waals surface area contributed by atoms with E-state index in [1.807, 2.05) is 49.4 Å². The van der Waals surface area contributed by atoms with Crippen molar-refractivity contribution in [1.82, 2.24) is 10.2 Å². The molecule has 0 amide bonds. The van der Waals surface area contributed by atoms with Gasteiger partial charge in [0.2, 0.25) is 0 Å². The molecule has 0 aliphatic heterocycles. The zero-order valence-corrected chi connectivity index (χ0v) is 15.3. The van der Waals surface area contributed by atoms with Crippen molar-refractivity contribution in [2.75, 3.05) is 0 Å². The standard InChI is InChI=1S/C20H17BrN2O2/c1-13-4-2-3-5-16(13)17(14-6-8-15(21)9-7-14)12-19(24)18-10-11-20(25)23-22-18/h2-11,17H,12H2,1H3,(H,23,25).